The van der Waals surface area contributed by atoms with E-state index in [-0.39, 0.29) is 6.04 Å². The van der Waals surface area contributed by atoms with E-state index in [0.29, 0.717) is 0 Å². The molecule has 0 saturated heterocycles. The van der Waals surface area contributed by atoms with Crippen LogP contribution in [0.2, 0.25) is 0 Å². The first-order valence-corrected chi connectivity index (χ1v) is 8.84. The van der Waals surface area contributed by atoms with E-state index in [4.69, 9.17) is 10.7 Å². The van der Waals surface area contributed by atoms with Crippen LogP contribution in [-0.2, 0) is 12.8 Å². The van der Waals surface area contributed by atoms with Crippen molar-refractivity contribution in [1.82, 2.24) is 9.38 Å². The SMILES string of the molecule is CC(N)Cc1c(N(C)CCc2cccs2)nc2sccn12. The monoisotopic (exact) mass is 320 g/mol. The highest BCUT2D eigenvalue weighted by Crippen LogP contribution is 2.25. The van der Waals surface area contributed by atoms with E-state index in [1.54, 1.807) is 11.3 Å². The minimum absolute atomic E-state index is 0.134. The van der Waals surface area contributed by atoms with E-state index in [1.807, 2.05) is 18.3 Å². The lowest BCUT2D eigenvalue weighted by molar-refractivity contribution is 0.713. The first kappa shape index (κ1) is 14.6. The van der Waals surface area contributed by atoms with Gasteiger partial charge in [-0.2, -0.15) is 0 Å². The number of anilines is 1. The molecule has 0 aliphatic heterocycles. The molecule has 3 aromatic rings. The van der Waals surface area contributed by atoms with Crippen LogP contribution in [0, 0.1) is 0 Å². The molecule has 0 aromatic carbocycles. The normalized spacial score (nSPS) is 12.9. The van der Waals surface area contributed by atoms with Crippen LogP contribution in [-0.4, -0.2) is 29.0 Å². The molecule has 0 fully saturated rings. The Kier molecular flexibility index (Phi) is 4.28. The zero-order valence-corrected chi connectivity index (χ0v) is 14.0. The Balaban J connectivity index is 1.82. The van der Waals surface area contributed by atoms with Gasteiger partial charge in [-0.05, 0) is 24.8 Å². The number of thiazole rings is 1. The standard InChI is InChI=1S/C15H20N4S2/c1-11(16)10-13-14(17-15-19(13)7-9-21-15)18(2)6-5-12-4-3-8-20-12/h3-4,7-9,11H,5-6,10,16H2,1-2H3. The third kappa shape index (κ3) is 3.12. The van der Waals surface area contributed by atoms with Crippen molar-refractivity contribution in [2.45, 2.75) is 25.8 Å². The first-order valence-electron chi connectivity index (χ1n) is 7.08. The van der Waals surface area contributed by atoms with Crippen molar-refractivity contribution >= 4 is 33.5 Å². The lowest BCUT2D eigenvalue weighted by atomic mass is 10.2. The Bertz CT molecular complexity index is 696. The number of nitrogens with zero attached hydrogens (tertiary/aromatic N) is 3. The number of hydrogen-bond acceptors (Lipinski definition) is 5. The molecule has 0 bridgehead atoms. The molecule has 1 atom stereocenters. The van der Waals surface area contributed by atoms with Crippen LogP contribution in [0.1, 0.15) is 17.5 Å². The summed E-state index contributed by atoms with van der Waals surface area (Å²) >= 11 is 3.48. The Morgan fingerprint density at radius 2 is 2.24 bits per heavy atom. The minimum Gasteiger partial charge on any atom is -0.358 e. The molecule has 0 aliphatic carbocycles. The summed E-state index contributed by atoms with van der Waals surface area (Å²) in [6, 6.07) is 4.43. The van der Waals surface area contributed by atoms with Crippen molar-refractivity contribution in [2.24, 2.45) is 5.73 Å². The van der Waals surface area contributed by atoms with Crippen molar-refractivity contribution in [3.8, 4) is 0 Å². The van der Waals surface area contributed by atoms with Gasteiger partial charge in [-0.25, -0.2) is 4.98 Å². The fourth-order valence-electron chi connectivity index (χ4n) is 2.46. The van der Waals surface area contributed by atoms with E-state index < -0.39 is 0 Å². The molecular formula is C15H20N4S2. The van der Waals surface area contributed by atoms with Gasteiger partial charge in [0.15, 0.2) is 10.8 Å². The van der Waals surface area contributed by atoms with Crippen LogP contribution in [0.4, 0.5) is 5.82 Å². The van der Waals surface area contributed by atoms with Gasteiger partial charge >= 0.3 is 0 Å². The third-order valence-electron chi connectivity index (χ3n) is 3.49. The zero-order chi connectivity index (χ0) is 14.8. The van der Waals surface area contributed by atoms with E-state index in [9.17, 15) is 0 Å². The molecular weight excluding hydrogens is 300 g/mol. The number of nitrogens with two attached hydrogens (primary N) is 1. The second-order valence-corrected chi connectivity index (χ2v) is 7.28. The van der Waals surface area contributed by atoms with Crippen LogP contribution in [0.3, 0.4) is 0 Å². The molecule has 4 nitrogen and oxygen atoms in total. The summed E-state index contributed by atoms with van der Waals surface area (Å²) in [5.41, 5.74) is 7.23. The Hall–Kier alpha value is -1.37. The fourth-order valence-corrected chi connectivity index (χ4v) is 3.89. The van der Waals surface area contributed by atoms with Gasteiger partial charge in [0.25, 0.3) is 0 Å². The van der Waals surface area contributed by atoms with Gasteiger partial charge in [0.05, 0.1) is 5.69 Å². The second kappa shape index (κ2) is 6.17. The van der Waals surface area contributed by atoms with Gasteiger partial charge in [0.2, 0.25) is 0 Å². The van der Waals surface area contributed by atoms with Gasteiger partial charge in [0.1, 0.15) is 0 Å². The molecule has 0 aliphatic rings. The lowest BCUT2D eigenvalue weighted by Crippen LogP contribution is -2.24. The van der Waals surface area contributed by atoms with E-state index in [1.165, 1.54) is 10.6 Å². The number of likely N-dealkylation sites (N-methyl/N-ethyl adjacent to an activating group) is 1. The number of imidazole rings is 1. The number of aromatic nitrogens is 2. The van der Waals surface area contributed by atoms with Gasteiger partial charge in [-0.3, -0.25) is 4.40 Å². The maximum Gasteiger partial charge on any atom is 0.195 e. The van der Waals surface area contributed by atoms with Crippen LogP contribution in [0.5, 0.6) is 0 Å². The molecule has 112 valence electrons. The predicted octanol–water partition coefficient (Wildman–Crippen LogP) is 3.03. The first-order chi connectivity index (χ1) is 10.1. The van der Waals surface area contributed by atoms with E-state index in [0.717, 1.165) is 30.2 Å². The zero-order valence-electron chi connectivity index (χ0n) is 12.3. The Morgan fingerprint density at radius 1 is 1.38 bits per heavy atom. The van der Waals surface area contributed by atoms with Crippen molar-refractivity contribution < 1.29 is 0 Å². The quantitative estimate of drug-likeness (QED) is 0.759. The number of thiophene rings is 1. The average Bonchev–Trinajstić information content (AvgIpc) is 3.13. The topological polar surface area (TPSA) is 46.6 Å². The van der Waals surface area contributed by atoms with Crippen molar-refractivity contribution in [2.75, 3.05) is 18.5 Å². The molecule has 1 unspecified atom stereocenters. The third-order valence-corrected chi connectivity index (χ3v) is 5.18. The highest BCUT2D eigenvalue weighted by Gasteiger charge is 2.17. The molecule has 0 amide bonds. The van der Waals surface area contributed by atoms with Crippen LogP contribution >= 0.6 is 22.7 Å². The van der Waals surface area contributed by atoms with Gasteiger partial charge < -0.3 is 10.6 Å². The summed E-state index contributed by atoms with van der Waals surface area (Å²) in [5, 5.41) is 4.20. The summed E-state index contributed by atoms with van der Waals surface area (Å²) in [6.07, 6.45) is 3.98. The van der Waals surface area contributed by atoms with Crippen molar-refractivity contribution in [1.29, 1.82) is 0 Å². The maximum absolute atomic E-state index is 6.01. The van der Waals surface area contributed by atoms with Gasteiger partial charge in [-0.15, -0.1) is 22.7 Å². The number of rotatable bonds is 6. The maximum atomic E-state index is 6.01. The second-order valence-electron chi connectivity index (χ2n) is 5.37. The van der Waals surface area contributed by atoms with E-state index >= 15 is 0 Å². The molecule has 21 heavy (non-hydrogen) atoms. The minimum atomic E-state index is 0.134. The molecule has 3 aromatic heterocycles. The molecule has 0 saturated carbocycles. The molecule has 3 heterocycles. The predicted molar refractivity (Wildman–Crippen MR) is 91.7 cm³/mol. The van der Waals surface area contributed by atoms with Crippen LogP contribution in [0.25, 0.3) is 4.96 Å². The summed E-state index contributed by atoms with van der Waals surface area (Å²) in [4.78, 5) is 9.49. The van der Waals surface area contributed by atoms with E-state index in [2.05, 4.69) is 45.4 Å². The lowest BCUT2D eigenvalue weighted by Gasteiger charge is -2.18. The van der Waals surface area contributed by atoms with Crippen molar-refractivity contribution in [3.05, 3.63) is 39.7 Å². The van der Waals surface area contributed by atoms with Gasteiger partial charge in [0, 0.05) is 42.5 Å². The highest BCUT2D eigenvalue weighted by atomic mass is 32.1. The summed E-state index contributed by atoms with van der Waals surface area (Å²) in [6.45, 7) is 3.01. The Labute approximate surface area is 132 Å². The number of fused-ring (bicyclic) bond motifs is 1. The summed E-state index contributed by atoms with van der Waals surface area (Å²) < 4.78 is 2.17. The fraction of sp³-hybridized carbons (Fsp3) is 0.400. The molecule has 0 spiro atoms. The Morgan fingerprint density at radius 3 is 2.95 bits per heavy atom. The van der Waals surface area contributed by atoms with Crippen molar-refractivity contribution in [3.63, 3.8) is 0 Å². The highest BCUT2D eigenvalue weighted by molar-refractivity contribution is 7.15. The summed E-state index contributed by atoms with van der Waals surface area (Å²) in [5.74, 6) is 1.07. The molecule has 2 N–H and O–H groups in total. The summed E-state index contributed by atoms with van der Waals surface area (Å²) in [7, 11) is 2.12. The smallest absolute Gasteiger partial charge is 0.195 e. The molecule has 6 heteroatoms. The number of hydrogen-bond donors (Lipinski definition) is 1. The van der Waals surface area contributed by atoms with Crippen LogP contribution in [0.15, 0.2) is 29.1 Å². The largest absolute Gasteiger partial charge is 0.358 e. The van der Waals surface area contributed by atoms with Crippen LogP contribution < -0.4 is 10.6 Å². The average molecular weight is 320 g/mol. The van der Waals surface area contributed by atoms with Gasteiger partial charge in [-0.1, -0.05) is 6.07 Å². The molecule has 3 rings (SSSR count). The molecule has 0 radical (unpaired) electrons.